The van der Waals surface area contributed by atoms with Gasteiger partial charge in [-0.3, -0.25) is 0 Å². The van der Waals surface area contributed by atoms with E-state index in [0.717, 1.165) is 13.2 Å². The Morgan fingerprint density at radius 2 is 1.58 bits per heavy atom. The van der Waals surface area contributed by atoms with Crippen molar-refractivity contribution in [3.05, 3.63) is 47.0 Å². The summed E-state index contributed by atoms with van der Waals surface area (Å²) >= 11 is 0. The van der Waals surface area contributed by atoms with Gasteiger partial charge < -0.3 is 18.9 Å². The molecule has 142 valence electrons. The summed E-state index contributed by atoms with van der Waals surface area (Å²) < 4.78 is 92.3. The summed E-state index contributed by atoms with van der Waals surface area (Å²) in [5.74, 6) is -6.16. The fraction of sp³-hybridized carbons (Fsp3) is 0.200. The summed E-state index contributed by atoms with van der Waals surface area (Å²) in [6.07, 6.45) is -5.18. The average molecular weight is 398 g/mol. The molecule has 2 rings (SSSR count). The van der Waals surface area contributed by atoms with E-state index in [9.17, 15) is 26.5 Å². The van der Waals surface area contributed by atoms with Crippen LogP contribution < -0.4 is 14.0 Å². The lowest BCUT2D eigenvalue weighted by atomic mass is 10.1. The van der Waals surface area contributed by atoms with Crippen LogP contribution in [0.5, 0.6) is 23.0 Å². The van der Waals surface area contributed by atoms with Crippen LogP contribution in [0.25, 0.3) is 0 Å². The van der Waals surface area contributed by atoms with Crippen LogP contribution in [0.2, 0.25) is 0 Å². The number of hydrogen-bond donors (Lipinski definition) is 1. The molecule has 26 heavy (non-hydrogen) atoms. The van der Waals surface area contributed by atoms with Gasteiger partial charge in [0.05, 0.1) is 7.11 Å². The fourth-order valence-corrected chi connectivity index (χ4v) is 2.51. The first-order valence-electron chi connectivity index (χ1n) is 6.86. The van der Waals surface area contributed by atoms with Crippen LogP contribution in [0, 0.1) is 18.6 Å². The summed E-state index contributed by atoms with van der Waals surface area (Å²) in [6, 6.07) is 3.74. The Balaban J connectivity index is 2.60. The molecular formula is C15H12F5O5P. The van der Waals surface area contributed by atoms with E-state index in [1.165, 1.54) is 19.1 Å². The molecule has 0 saturated heterocycles. The highest BCUT2D eigenvalue weighted by Crippen LogP contribution is 2.46. The Morgan fingerprint density at radius 3 is 2.12 bits per heavy atom. The van der Waals surface area contributed by atoms with Gasteiger partial charge in [0.2, 0.25) is 0 Å². The second-order valence-corrected chi connectivity index (χ2v) is 5.76. The first-order valence-corrected chi connectivity index (χ1v) is 8.12. The monoisotopic (exact) mass is 398 g/mol. The van der Waals surface area contributed by atoms with Crippen LogP contribution in [0.15, 0.2) is 24.3 Å². The van der Waals surface area contributed by atoms with E-state index in [1.807, 2.05) is 0 Å². The first kappa shape index (κ1) is 20.0. The van der Waals surface area contributed by atoms with Gasteiger partial charge in [-0.1, -0.05) is 0 Å². The van der Waals surface area contributed by atoms with Crippen LogP contribution in [0.3, 0.4) is 0 Å². The minimum atomic E-state index is -5.18. The Labute approximate surface area is 144 Å². The largest absolute Gasteiger partial charge is 0.493 e. The summed E-state index contributed by atoms with van der Waals surface area (Å²) in [6.45, 7) is 1.50. The Hall–Kier alpha value is -2.32. The van der Waals surface area contributed by atoms with Crippen molar-refractivity contribution in [1.29, 1.82) is 0 Å². The predicted octanol–water partition coefficient (Wildman–Crippen LogP) is 4.85. The number of aryl methyl sites for hydroxylation is 1. The van der Waals surface area contributed by atoms with E-state index in [1.54, 1.807) is 0 Å². The molecule has 0 aliphatic carbocycles. The van der Waals surface area contributed by atoms with Gasteiger partial charge in [-0.25, -0.2) is 13.3 Å². The molecule has 2 aromatic rings. The summed E-state index contributed by atoms with van der Waals surface area (Å²) in [5, 5.41) is 0. The molecule has 0 spiro atoms. The Kier molecular flexibility index (Phi) is 5.77. The van der Waals surface area contributed by atoms with E-state index in [4.69, 9.17) is 9.63 Å². The zero-order valence-corrected chi connectivity index (χ0v) is 14.3. The highest BCUT2D eigenvalue weighted by atomic mass is 31.1. The lowest BCUT2D eigenvalue weighted by Crippen LogP contribution is -2.12. The lowest BCUT2D eigenvalue weighted by molar-refractivity contribution is -0.140. The van der Waals surface area contributed by atoms with Crippen molar-refractivity contribution in [3.63, 3.8) is 0 Å². The molecule has 5 nitrogen and oxygen atoms in total. The highest BCUT2D eigenvalue weighted by molar-refractivity contribution is 7.32. The van der Waals surface area contributed by atoms with Gasteiger partial charge in [-0.2, -0.15) is 13.2 Å². The van der Waals surface area contributed by atoms with E-state index < -0.39 is 43.1 Å². The van der Waals surface area contributed by atoms with Gasteiger partial charge in [0, 0.05) is 12.1 Å². The second kappa shape index (κ2) is 7.51. The molecule has 0 radical (unpaired) electrons. The molecule has 0 aliphatic rings. The summed E-state index contributed by atoms with van der Waals surface area (Å²) in [5.41, 5.74) is -1.37. The van der Waals surface area contributed by atoms with Crippen LogP contribution in [0.1, 0.15) is 11.1 Å². The number of hydrogen-bond acceptors (Lipinski definition) is 4. The Morgan fingerprint density at radius 1 is 1.00 bits per heavy atom. The Bertz CT molecular complexity index is 853. The van der Waals surface area contributed by atoms with Crippen molar-refractivity contribution < 1.29 is 45.4 Å². The third-order valence-corrected chi connectivity index (χ3v) is 3.49. The topological polar surface area (TPSA) is 65.0 Å². The van der Waals surface area contributed by atoms with Crippen molar-refractivity contribution in [1.82, 2.24) is 0 Å². The summed E-state index contributed by atoms with van der Waals surface area (Å²) in [4.78, 5) is 8.79. The van der Waals surface area contributed by atoms with Crippen LogP contribution in [0.4, 0.5) is 22.0 Å². The van der Waals surface area contributed by atoms with Gasteiger partial charge in [0.1, 0.15) is 17.1 Å². The number of alkyl halides is 3. The molecule has 0 amide bonds. The molecule has 0 aromatic heterocycles. The van der Waals surface area contributed by atoms with E-state index >= 15 is 0 Å². The first-order chi connectivity index (χ1) is 12.0. The molecule has 0 saturated carbocycles. The van der Waals surface area contributed by atoms with E-state index in [-0.39, 0.29) is 17.6 Å². The fourth-order valence-electron chi connectivity index (χ4n) is 2.19. The van der Waals surface area contributed by atoms with E-state index in [2.05, 4.69) is 9.26 Å². The number of ether oxygens (including phenoxy) is 2. The molecule has 11 heteroatoms. The molecule has 1 atom stereocenters. The molecule has 0 heterocycles. The van der Waals surface area contributed by atoms with Crippen molar-refractivity contribution in [2.45, 2.75) is 13.1 Å². The molecular weight excluding hydrogens is 386 g/mol. The van der Waals surface area contributed by atoms with Crippen LogP contribution >= 0.6 is 8.25 Å². The maximum absolute atomic E-state index is 14.0. The average Bonchev–Trinajstić information content (AvgIpc) is 2.47. The number of halogens is 5. The molecule has 0 aliphatic heterocycles. The van der Waals surface area contributed by atoms with E-state index in [0.29, 0.717) is 5.56 Å². The minimum Gasteiger partial charge on any atom is -0.493 e. The van der Waals surface area contributed by atoms with Crippen molar-refractivity contribution in [2.24, 2.45) is 0 Å². The van der Waals surface area contributed by atoms with Gasteiger partial charge in [0.25, 0.3) is 0 Å². The second-order valence-electron chi connectivity index (χ2n) is 5.03. The van der Waals surface area contributed by atoms with Crippen LogP contribution in [-0.4, -0.2) is 12.0 Å². The van der Waals surface area contributed by atoms with Gasteiger partial charge in [-0.15, -0.1) is 0 Å². The minimum absolute atomic E-state index is 0.172. The zero-order valence-electron chi connectivity index (χ0n) is 13.3. The summed E-state index contributed by atoms with van der Waals surface area (Å²) in [7, 11) is -2.58. The number of benzene rings is 2. The smallest absolute Gasteiger partial charge is 0.423 e. The third-order valence-electron chi connectivity index (χ3n) is 3.08. The molecule has 2 aromatic carbocycles. The van der Waals surface area contributed by atoms with Crippen molar-refractivity contribution in [3.8, 4) is 23.0 Å². The number of rotatable bonds is 5. The van der Waals surface area contributed by atoms with Crippen molar-refractivity contribution >= 4 is 8.25 Å². The van der Waals surface area contributed by atoms with Gasteiger partial charge >= 0.3 is 14.4 Å². The maximum atomic E-state index is 14.0. The van der Waals surface area contributed by atoms with Crippen LogP contribution in [-0.2, 0) is 10.7 Å². The standard InChI is InChI=1S/C15H12F5O5P/c1-7-3-8(5-9(4-7)25-26(21)22)24-14-11(17)6-10(16)13(23-2)12(14)15(18,19)20/h3-6,26H,1-2H3,(H,21,22). The maximum Gasteiger partial charge on any atom is 0.423 e. The SMILES string of the molecule is COc1c(F)cc(F)c(Oc2cc(C)cc(O[PH](=O)O)c2)c1C(F)(F)F. The van der Waals surface area contributed by atoms with Crippen molar-refractivity contribution in [2.75, 3.05) is 7.11 Å². The molecule has 1 N–H and O–H groups in total. The normalized spacial score (nSPS) is 12.6. The number of methoxy groups -OCH3 is 1. The third kappa shape index (κ3) is 4.44. The zero-order chi connectivity index (χ0) is 19.6. The van der Waals surface area contributed by atoms with Gasteiger partial charge in [0.15, 0.2) is 23.1 Å². The van der Waals surface area contributed by atoms with Gasteiger partial charge in [-0.05, 0) is 24.6 Å². The quantitative estimate of drug-likeness (QED) is 0.576. The predicted molar refractivity (Wildman–Crippen MR) is 81.0 cm³/mol. The molecule has 1 unspecified atom stereocenters. The molecule has 0 bridgehead atoms. The highest BCUT2D eigenvalue weighted by Gasteiger charge is 2.41. The lowest BCUT2D eigenvalue weighted by Gasteiger charge is -2.18. The molecule has 0 fully saturated rings.